The van der Waals surface area contributed by atoms with Crippen LogP contribution in [0.5, 0.6) is 0 Å². The molecule has 0 aliphatic carbocycles. The van der Waals surface area contributed by atoms with Gasteiger partial charge in [0.05, 0.1) is 0 Å². The Bertz CT molecular complexity index is 190. The lowest BCUT2D eigenvalue weighted by molar-refractivity contribution is -0.432. The molecule has 86 valence electrons. The Morgan fingerprint density at radius 1 is 0.786 bits per heavy atom. The SMILES string of the molecule is FCC(F)(F)OC(F)(F)C(F)(F)CF. The predicted molar refractivity (Wildman–Crippen MR) is 27.9 cm³/mol. The number of ether oxygens (including phenoxy) is 1. The summed E-state index contributed by atoms with van der Waals surface area (Å²) >= 11 is 0. The van der Waals surface area contributed by atoms with E-state index in [1.54, 1.807) is 0 Å². The second-order valence-corrected chi connectivity index (χ2v) is 2.23. The average molecular weight is 232 g/mol. The number of hydrogen-bond donors (Lipinski definition) is 0. The maximum absolute atomic E-state index is 12.0. The average Bonchev–Trinajstić information content (AvgIpc) is 2.02. The standard InChI is InChI=1S/C5H4F8O/c6-1-3(8,9)5(12,13)14-4(10,11)2-7/h1-2H2. The summed E-state index contributed by atoms with van der Waals surface area (Å²) in [5.74, 6) is -5.42. The van der Waals surface area contributed by atoms with Crippen LogP contribution in [-0.4, -0.2) is 31.5 Å². The fraction of sp³-hybridized carbons (Fsp3) is 1.00. The summed E-state index contributed by atoms with van der Waals surface area (Å²) in [5, 5.41) is 0. The van der Waals surface area contributed by atoms with E-state index in [1.165, 1.54) is 0 Å². The van der Waals surface area contributed by atoms with Gasteiger partial charge in [0, 0.05) is 0 Å². The summed E-state index contributed by atoms with van der Waals surface area (Å²) in [6.07, 6.45) is -10.8. The molecule has 0 aromatic rings. The van der Waals surface area contributed by atoms with Crippen molar-refractivity contribution in [1.82, 2.24) is 0 Å². The Balaban J connectivity index is 4.64. The van der Waals surface area contributed by atoms with E-state index in [9.17, 15) is 35.1 Å². The molecule has 1 nitrogen and oxygen atoms in total. The molecule has 0 fully saturated rings. The highest BCUT2D eigenvalue weighted by atomic mass is 19.3. The minimum atomic E-state index is -5.77. The molecular weight excluding hydrogens is 228 g/mol. The van der Waals surface area contributed by atoms with E-state index in [4.69, 9.17) is 0 Å². The molecule has 0 atom stereocenters. The van der Waals surface area contributed by atoms with Crippen LogP contribution >= 0.6 is 0 Å². The van der Waals surface area contributed by atoms with Crippen molar-refractivity contribution >= 4 is 0 Å². The lowest BCUT2D eigenvalue weighted by Gasteiger charge is -2.26. The Morgan fingerprint density at radius 2 is 1.21 bits per heavy atom. The van der Waals surface area contributed by atoms with Gasteiger partial charge in [0.25, 0.3) is 0 Å². The van der Waals surface area contributed by atoms with Gasteiger partial charge < -0.3 is 0 Å². The first kappa shape index (κ1) is 13.4. The number of halogens is 8. The van der Waals surface area contributed by atoms with E-state index in [-0.39, 0.29) is 0 Å². The van der Waals surface area contributed by atoms with E-state index in [1.807, 2.05) is 0 Å². The summed E-state index contributed by atoms with van der Waals surface area (Å²) in [6, 6.07) is 0. The largest absolute Gasteiger partial charge is 0.426 e. The Labute approximate surface area is 72.6 Å². The number of hydrogen-bond acceptors (Lipinski definition) is 1. The molecule has 0 aromatic heterocycles. The quantitative estimate of drug-likeness (QED) is 0.662. The summed E-state index contributed by atoms with van der Waals surface area (Å²) in [7, 11) is 0. The third-order valence-electron chi connectivity index (χ3n) is 1.03. The lowest BCUT2D eigenvalue weighted by Crippen LogP contribution is -2.49. The van der Waals surface area contributed by atoms with Crippen molar-refractivity contribution in [2.75, 3.05) is 13.3 Å². The van der Waals surface area contributed by atoms with Crippen LogP contribution in [0.15, 0.2) is 0 Å². The summed E-state index contributed by atoms with van der Waals surface area (Å²) in [6.45, 7) is -5.62. The van der Waals surface area contributed by atoms with Crippen molar-refractivity contribution in [3.63, 3.8) is 0 Å². The smallest absolute Gasteiger partial charge is 0.248 e. The van der Waals surface area contributed by atoms with E-state index in [0.29, 0.717) is 0 Å². The van der Waals surface area contributed by atoms with Crippen LogP contribution in [0.4, 0.5) is 35.1 Å². The highest BCUT2D eigenvalue weighted by Gasteiger charge is 2.62. The monoisotopic (exact) mass is 232 g/mol. The molecule has 0 radical (unpaired) electrons. The van der Waals surface area contributed by atoms with Gasteiger partial charge in [-0.05, 0) is 0 Å². The third-order valence-corrected chi connectivity index (χ3v) is 1.03. The van der Waals surface area contributed by atoms with Crippen molar-refractivity contribution < 1.29 is 39.9 Å². The molecular formula is C5H4F8O. The minimum Gasteiger partial charge on any atom is -0.248 e. The van der Waals surface area contributed by atoms with Crippen LogP contribution in [0, 0.1) is 0 Å². The molecule has 0 saturated heterocycles. The van der Waals surface area contributed by atoms with Gasteiger partial charge >= 0.3 is 18.1 Å². The number of alkyl halides is 8. The van der Waals surface area contributed by atoms with Crippen molar-refractivity contribution in [1.29, 1.82) is 0 Å². The molecule has 0 saturated carbocycles. The molecule has 0 bridgehead atoms. The second-order valence-electron chi connectivity index (χ2n) is 2.23. The number of rotatable bonds is 5. The van der Waals surface area contributed by atoms with Crippen LogP contribution < -0.4 is 0 Å². The maximum atomic E-state index is 12.0. The van der Waals surface area contributed by atoms with Gasteiger partial charge in [0.1, 0.15) is 0 Å². The van der Waals surface area contributed by atoms with Crippen molar-refractivity contribution in [3.8, 4) is 0 Å². The first-order chi connectivity index (χ1) is 6.08. The molecule has 0 aliphatic heterocycles. The van der Waals surface area contributed by atoms with Crippen molar-refractivity contribution in [2.45, 2.75) is 18.1 Å². The molecule has 0 heterocycles. The van der Waals surface area contributed by atoms with Crippen LogP contribution in [0.25, 0.3) is 0 Å². The summed E-state index contributed by atoms with van der Waals surface area (Å²) in [5.41, 5.74) is 0. The molecule has 0 unspecified atom stereocenters. The van der Waals surface area contributed by atoms with E-state index in [2.05, 4.69) is 4.74 Å². The maximum Gasteiger partial charge on any atom is 0.426 e. The Morgan fingerprint density at radius 3 is 1.50 bits per heavy atom. The molecule has 0 spiro atoms. The Kier molecular flexibility index (Phi) is 3.71. The molecule has 0 aromatic carbocycles. The molecule has 0 amide bonds. The zero-order valence-corrected chi connectivity index (χ0v) is 6.35. The van der Waals surface area contributed by atoms with Crippen LogP contribution in [0.2, 0.25) is 0 Å². The molecule has 0 aliphatic rings. The summed E-state index contributed by atoms with van der Waals surface area (Å²) in [4.78, 5) is 0. The molecule has 0 rings (SSSR count). The van der Waals surface area contributed by atoms with Crippen molar-refractivity contribution in [3.05, 3.63) is 0 Å². The van der Waals surface area contributed by atoms with Gasteiger partial charge in [-0.1, -0.05) is 0 Å². The first-order valence-corrected chi connectivity index (χ1v) is 3.03. The highest BCUT2D eigenvalue weighted by Crippen LogP contribution is 2.39. The zero-order valence-electron chi connectivity index (χ0n) is 6.35. The van der Waals surface area contributed by atoms with Crippen LogP contribution in [-0.2, 0) is 4.74 Å². The topological polar surface area (TPSA) is 9.23 Å². The summed E-state index contributed by atoms with van der Waals surface area (Å²) < 4.78 is 96.1. The predicted octanol–water partition coefficient (Wildman–Crippen LogP) is 2.76. The first-order valence-electron chi connectivity index (χ1n) is 3.03. The zero-order chi connectivity index (χ0) is 11.6. The normalized spacial score (nSPS) is 14.6. The van der Waals surface area contributed by atoms with Gasteiger partial charge in [-0.3, -0.25) is 0 Å². The third kappa shape index (κ3) is 2.96. The Hall–Kier alpha value is -0.600. The molecule has 14 heavy (non-hydrogen) atoms. The highest BCUT2D eigenvalue weighted by molar-refractivity contribution is 4.77. The van der Waals surface area contributed by atoms with Gasteiger partial charge in [-0.15, -0.1) is 0 Å². The van der Waals surface area contributed by atoms with Crippen molar-refractivity contribution in [2.24, 2.45) is 0 Å². The lowest BCUT2D eigenvalue weighted by atomic mass is 10.3. The van der Waals surface area contributed by atoms with Crippen LogP contribution in [0.3, 0.4) is 0 Å². The van der Waals surface area contributed by atoms with Crippen LogP contribution in [0.1, 0.15) is 0 Å². The second kappa shape index (κ2) is 3.87. The van der Waals surface area contributed by atoms with Gasteiger partial charge in [-0.2, -0.15) is 26.3 Å². The fourth-order valence-corrected chi connectivity index (χ4v) is 0.367. The molecule has 9 heteroatoms. The van der Waals surface area contributed by atoms with Gasteiger partial charge in [0.2, 0.25) is 0 Å². The van der Waals surface area contributed by atoms with Gasteiger partial charge in [0.15, 0.2) is 13.3 Å². The van der Waals surface area contributed by atoms with Gasteiger partial charge in [-0.25, -0.2) is 13.5 Å². The minimum absolute atomic E-state index is 2.20. The van der Waals surface area contributed by atoms with E-state index >= 15 is 0 Å². The van der Waals surface area contributed by atoms with E-state index < -0.39 is 31.5 Å². The van der Waals surface area contributed by atoms with E-state index in [0.717, 1.165) is 0 Å². The molecule has 0 N–H and O–H groups in total. The fourth-order valence-electron chi connectivity index (χ4n) is 0.367.